The van der Waals surface area contributed by atoms with E-state index in [0.29, 0.717) is 79.1 Å². The Kier molecular flexibility index (Phi) is 17.0. The summed E-state index contributed by atoms with van der Waals surface area (Å²) in [5, 5.41) is 18.2. The highest BCUT2D eigenvalue weighted by atomic mass is 19.1. The number of amides is 1. The van der Waals surface area contributed by atoms with Crippen molar-refractivity contribution in [3.63, 3.8) is 0 Å². The van der Waals surface area contributed by atoms with Gasteiger partial charge in [0.25, 0.3) is 0 Å². The number of methoxy groups -OCH3 is 1. The molecule has 7 nitrogen and oxygen atoms in total. The molecule has 0 radical (unpaired) electrons. The standard InChI is InChI=1S/C32H45F2NO6/c1-5-10-31(39)29-20-28(27(26(29)6-2)19-23(3)21-37)30(34)13-7-11-25(41-4)12-8-16-35(17-15-24(33)22-38)32(40)14-9-18-36/h12,18-22,26,37-38H,5-11,13-17H2,1-4H3/b23-21+,24-22-,25-12+,27-19-,30-28+. The highest BCUT2D eigenvalue weighted by Gasteiger charge is 2.32. The monoisotopic (exact) mass is 577 g/mol. The number of Topliss-reactive ketones (excluding diaryl/α,β-unsaturated/α-hetero) is 1. The number of aldehydes is 1. The molecule has 228 valence electrons. The number of ketones is 1. The molecule has 1 amide bonds. The van der Waals surface area contributed by atoms with Gasteiger partial charge < -0.3 is 24.6 Å². The molecule has 0 bridgehead atoms. The van der Waals surface area contributed by atoms with E-state index in [9.17, 15) is 23.9 Å². The molecule has 0 aliphatic heterocycles. The molecule has 1 atom stereocenters. The fourth-order valence-corrected chi connectivity index (χ4v) is 4.71. The second kappa shape index (κ2) is 19.6. The summed E-state index contributed by atoms with van der Waals surface area (Å²) in [5.74, 6) is -0.958. The zero-order valence-corrected chi connectivity index (χ0v) is 24.8. The number of carbonyl (C=O) groups is 3. The lowest BCUT2D eigenvalue weighted by atomic mass is 9.88. The third kappa shape index (κ3) is 11.9. The maximum atomic E-state index is 15.5. The van der Waals surface area contributed by atoms with Gasteiger partial charge in [-0.1, -0.05) is 19.9 Å². The average Bonchev–Trinajstić information content (AvgIpc) is 3.34. The van der Waals surface area contributed by atoms with Crippen LogP contribution in [0.2, 0.25) is 0 Å². The number of allylic oxidation sites excluding steroid dienone is 8. The molecule has 41 heavy (non-hydrogen) atoms. The fourth-order valence-electron chi connectivity index (χ4n) is 4.71. The van der Waals surface area contributed by atoms with Gasteiger partial charge in [0.15, 0.2) is 5.78 Å². The van der Waals surface area contributed by atoms with Crippen molar-refractivity contribution < 1.29 is 38.1 Å². The van der Waals surface area contributed by atoms with Crippen LogP contribution in [0.1, 0.15) is 85.0 Å². The number of rotatable bonds is 19. The van der Waals surface area contributed by atoms with Gasteiger partial charge in [0, 0.05) is 68.7 Å². The summed E-state index contributed by atoms with van der Waals surface area (Å²) in [7, 11) is 1.51. The molecule has 1 aliphatic rings. The summed E-state index contributed by atoms with van der Waals surface area (Å²) in [6.45, 7) is 5.93. The number of ether oxygens (including phenoxy) is 1. The van der Waals surface area contributed by atoms with Gasteiger partial charge in [0.05, 0.1) is 19.1 Å². The summed E-state index contributed by atoms with van der Waals surface area (Å²) in [6.07, 6.45) is 10.3. The van der Waals surface area contributed by atoms with E-state index in [0.717, 1.165) is 6.26 Å². The van der Waals surface area contributed by atoms with Crippen LogP contribution in [0.4, 0.5) is 8.78 Å². The van der Waals surface area contributed by atoms with Crippen LogP contribution in [0.25, 0.3) is 0 Å². The lowest BCUT2D eigenvalue weighted by Crippen LogP contribution is -2.32. The van der Waals surface area contributed by atoms with Gasteiger partial charge in [0.1, 0.15) is 24.2 Å². The maximum Gasteiger partial charge on any atom is 0.223 e. The number of hydrogen-bond donors (Lipinski definition) is 2. The van der Waals surface area contributed by atoms with Crippen molar-refractivity contribution in [2.24, 2.45) is 5.92 Å². The molecule has 2 N–H and O–H groups in total. The maximum absolute atomic E-state index is 15.5. The second-order valence-corrected chi connectivity index (χ2v) is 9.95. The van der Waals surface area contributed by atoms with Crippen LogP contribution < -0.4 is 0 Å². The molecule has 0 aromatic heterocycles. The number of aliphatic hydroxyl groups excluding tert-OH is 2. The van der Waals surface area contributed by atoms with Crippen molar-refractivity contribution in [1.29, 1.82) is 0 Å². The van der Waals surface area contributed by atoms with Gasteiger partial charge in [-0.15, -0.1) is 0 Å². The van der Waals surface area contributed by atoms with Crippen molar-refractivity contribution in [3.05, 3.63) is 70.5 Å². The van der Waals surface area contributed by atoms with E-state index >= 15 is 4.39 Å². The first-order valence-corrected chi connectivity index (χ1v) is 14.3. The third-order valence-corrected chi connectivity index (χ3v) is 6.89. The predicted molar refractivity (Wildman–Crippen MR) is 156 cm³/mol. The molecule has 1 aliphatic carbocycles. The van der Waals surface area contributed by atoms with Crippen LogP contribution in [0.3, 0.4) is 0 Å². The highest BCUT2D eigenvalue weighted by Crippen LogP contribution is 2.42. The SMILES string of the molecule is CCCC(=O)C1=CC(=C(\F)CCC/C(=C\CCN(CC/C(F)=C/O)C(=O)CCC=O)OC)/C(=C\C(C)=C\O)C1CC. The Morgan fingerprint density at radius 1 is 1.02 bits per heavy atom. The van der Waals surface area contributed by atoms with Gasteiger partial charge >= 0.3 is 0 Å². The van der Waals surface area contributed by atoms with Gasteiger partial charge in [-0.25, -0.2) is 8.78 Å². The zero-order valence-electron chi connectivity index (χ0n) is 24.8. The van der Waals surface area contributed by atoms with Crippen molar-refractivity contribution in [3.8, 4) is 0 Å². The topological polar surface area (TPSA) is 104 Å². The van der Waals surface area contributed by atoms with Crippen LogP contribution in [0, 0.1) is 5.92 Å². The highest BCUT2D eigenvalue weighted by molar-refractivity contribution is 5.98. The minimum atomic E-state index is -0.743. The molecule has 0 aromatic carbocycles. The number of hydrogen-bond acceptors (Lipinski definition) is 6. The summed E-state index contributed by atoms with van der Waals surface area (Å²) >= 11 is 0. The van der Waals surface area contributed by atoms with Crippen LogP contribution >= 0.6 is 0 Å². The summed E-state index contributed by atoms with van der Waals surface area (Å²) in [4.78, 5) is 37.2. The molecule has 0 heterocycles. The predicted octanol–water partition coefficient (Wildman–Crippen LogP) is 7.59. The molecule has 0 fully saturated rings. The van der Waals surface area contributed by atoms with E-state index in [-0.39, 0.29) is 62.2 Å². The molecule has 1 unspecified atom stereocenters. The first kappa shape index (κ1) is 35.5. The average molecular weight is 578 g/mol. The minimum Gasteiger partial charge on any atom is -0.515 e. The Hall–Kier alpha value is -3.49. The van der Waals surface area contributed by atoms with E-state index in [1.165, 1.54) is 12.0 Å². The summed E-state index contributed by atoms with van der Waals surface area (Å²) < 4.78 is 34.4. The van der Waals surface area contributed by atoms with Crippen molar-refractivity contribution in [2.45, 2.75) is 85.0 Å². The van der Waals surface area contributed by atoms with Gasteiger partial charge in [-0.05, 0) is 55.9 Å². The van der Waals surface area contributed by atoms with E-state index in [4.69, 9.17) is 9.84 Å². The normalized spacial score (nSPS) is 18.4. The zero-order chi connectivity index (χ0) is 30.8. The number of nitrogens with zero attached hydrogens (tertiary/aromatic N) is 1. The van der Waals surface area contributed by atoms with E-state index in [2.05, 4.69) is 0 Å². The smallest absolute Gasteiger partial charge is 0.223 e. The van der Waals surface area contributed by atoms with Crippen molar-refractivity contribution in [2.75, 3.05) is 20.2 Å². The molecule has 0 saturated carbocycles. The Morgan fingerprint density at radius 3 is 2.34 bits per heavy atom. The van der Waals surface area contributed by atoms with Crippen LogP contribution in [0.5, 0.6) is 0 Å². The fraction of sp³-hybridized carbons (Fsp3) is 0.531. The van der Waals surface area contributed by atoms with Crippen LogP contribution in [-0.4, -0.2) is 53.3 Å². The lowest BCUT2D eigenvalue weighted by Gasteiger charge is -2.21. The van der Waals surface area contributed by atoms with Crippen molar-refractivity contribution in [1.82, 2.24) is 4.90 Å². The molecule has 0 saturated heterocycles. The van der Waals surface area contributed by atoms with E-state index in [1.54, 1.807) is 25.2 Å². The molecule has 0 aromatic rings. The molecular formula is C32H45F2NO6. The summed E-state index contributed by atoms with van der Waals surface area (Å²) in [6, 6.07) is 0. The number of aliphatic hydroxyl groups is 2. The van der Waals surface area contributed by atoms with E-state index < -0.39 is 5.83 Å². The second-order valence-electron chi connectivity index (χ2n) is 9.95. The quantitative estimate of drug-likeness (QED) is 0.121. The molecule has 0 spiro atoms. The number of halogens is 2. The lowest BCUT2D eigenvalue weighted by molar-refractivity contribution is -0.132. The summed E-state index contributed by atoms with van der Waals surface area (Å²) in [5.41, 5.74) is 2.27. The Bertz CT molecular complexity index is 1080. The van der Waals surface area contributed by atoms with Crippen LogP contribution in [-0.2, 0) is 19.1 Å². The Morgan fingerprint density at radius 2 is 1.76 bits per heavy atom. The minimum absolute atomic E-state index is 0.0112. The Labute approximate surface area is 242 Å². The van der Waals surface area contributed by atoms with Crippen molar-refractivity contribution >= 4 is 18.0 Å². The largest absolute Gasteiger partial charge is 0.515 e. The number of carbonyl (C=O) groups excluding carboxylic acids is 3. The Balaban J connectivity index is 2.98. The van der Waals surface area contributed by atoms with Crippen LogP contribution in [0.15, 0.2) is 70.5 Å². The van der Waals surface area contributed by atoms with Gasteiger partial charge in [-0.2, -0.15) is 0 Å². The third-order valence-electron chi connectivity index (χ3n) is 6.89. The molecule has 1 rings (SSSR count). The van der Waals surface area contributed by atoms with Gasteiger partial charge in [0.2, 0.25) is 5.91 Å². The van der Waals surface area contributed by atoms with Gasteiger partial charge in [-0.3, -0.25) is 9.59 Å². The van der Waals surface area contributed by atoms with E-state index in [1.807, 2.05) is 13.8 Å². The first-order valence-electron chi connectivity index (χ1n) is 14.3. The molecule has 9 heteroatoms. The molecular weight excluding hydrogens is 532 g/mol. The first-order chi connectivity index (χ1) is 19.7.